The highest BCUT2D eigenvalue weighted by Crippen LogP contribution is 2.24. The fraction of sp³-hybridized carbons (Fsp3) is 0.889. The fourth-order valence-corrected chi connectivity index (χ4v) is 1.70. The van der Waals surface area contributed by atoms with Crippen LogP contribution >= 0.6 is 0 Å². The molecule has 0 saturated carbocycles. The van der Waals surface area contributed by atoms with Gasteiger partial charge in [0, 0.05) is 13.1 Å². The summed E-state index contributed by atoms with van der Waals surface area (Å²) in [5.74, 6) is -0.893. The van der Waals surface area contributed by atoms with Crippen LogP contribution in [0.3, 0.4) is 0 Å². The molecule has 0 aromatic carbocycles. The van der Waals surface area contributed by atoms with Crippen LogP contribution in [0.25, 0.3) is 0 Å². The van der Waals surface area contributed by atoms with Crippen LogP contribution in [0.5, 0.6) is 0 Å². The van der Waals surface area contributed by atoms with E-state index in [9.17, 15) is 4.79 Å². The standard InChI is InChI=1S/C9H17NO3/c1-3-4-10-6-9(2,7-10)13-5-8(11)12/h3-7H2,1-2H3,(H,11,12). The van der Waals surface area contributed by atoms with Crippen LogP contribution in [0.1, 0.15) is 20.3 Å². The van der Waals surface area contributed by atoms with Crippen molar-refractivity contribution in [1.82, 2.24) is 4.90 Å². The van der Waals surface area contributed by atoms with Gasteiger partial charge in [-0.3, -0.25) is 4.90 Å². The van der Waals surface area contributed by atoms with Gasteiger partial charge in [-0.25, -0.2) is 4.79 Å². The van der Waals surface area contributed by atoms with Crippen molar-refractivity contribution in [2.75, 3.05) is 26.2 Å². The molecule has 0 amide bonds. The van der Waals surface area contributed by atoms with E-state index < -0.39 is 5.97 Å². The van der Waals surface area contributed by atoms with Crippen molar-refractivity contribution in [3.8, 4) is 0 Å². The Kier molecular flexibility index (Phi) is 3.27. The second-order valence-electron chi connectivity index (χ2n) is 3.84. The zero-order valence-corrected chi connectivity index (χ0v) is 8.25. The molecule has 1 rings (SSSR count). The molecule has 1 saturated heterocycles. The molecule has 0 radical (unpaired) electrons. The van der Waals surface area contributed by atoms with E-state index in [-0.39, 0.29) is 12.2 Å². The van der Waals surface area contributed by atoms with Crippen LogP contribution in [0.2, 0.25) is 0 Å². The lowest BCUT2D eigenvalue weighted by atomic mass is 9.96. The summed E-state index contributed by atoms with van der Waals surface area (Å²) >= 11 is 0. The number of carboxylic acids is 1. The van der Waals surface area contributed by atoms with Gasteiger partial charge in [-0.15, -0.1) is 0 Å². The van der Waals surface area contributed by atoms with Gasteiger partial charge in [0.1, 0.15) is 6.61 Å². The van der Waals surface area contributed by atoms with Crippen LogP contribution in [0, 0.1) is 0 Å². The van der Waals surface area contributed by atoms with Crippen LogP contribution in [-0.2, 0) is 9.53 Å². The number of likely N-dealkylation sites (tertiary alicyclic amines) is 1. The lowest BCUT2D eigenvalue weighted by Crippen LogP contribution is -2.61. The molecule has 0 aliphatic carbocycles. The van der Waals surface area contributed by atoms with Gasteiger partial charge in [-0.2, -0.15) is 0 Å². The van der Waals surface area contributed by atoms with Crippen molar-refractivity contribution >= 4 is 5.97 Å². The zero-order chi connectivity index (χ0) is 9.90. The molecule has 1 heterocycles. The van der Waals surface area contributed by atoms with E-state index in [1.54, 1.807) is 0 Å². The summed E-state index contributed by atoms with van der Waals surface area (Å²) < 4.78 is 5.26. The predicted molar refractivity (Wildman–Crippen MR) is 48.7 cm³/mol. The summed E-state index contributed by atoms with van der Waals surface area (Å²) in [5.41, 5.74) is -0.229. The third-order valence-corrected chi connectivity index (χ3v) is 2.20. The minimum atomic E-state index is -0.893. The first-order chi connectivity index (χ1) is 6.06. The van der Waals surface area contributed by atoms with Crippen molar-refractivity contribution in [2.24, 2.45) is 0 Å². The van der Waals surface area contributed by atoms with E-state index in [0.717, 1.165) is 26.1 Å². The van der Waals surface area contributed by atoms with Gasteiger partial charge < -0.3 is 9.84 Å². The minimum Gasteiger partial charge on any atom is -0.480 e. The van der Waals surface area contributed by atoms with Crippen LogP contribution in [0.15, 0.2) is 0 Å². The number of nitrogens with zero attached hydrogens (tertiary/aromatic N) is 1. The van der Waals surface area contributed by atoms with Gasteiger partial charge in [0.05, 0.1) is 5.60 Å². The Morgan fingerprint density at radius 1 is 1.62 bits per heavy atom. The Bertz CT molecular complexity index is 187. The molecule has 4 heteroatoms. The molecule has 0 aromatic heterocycles. The van der Waals surface area contributed by atoms with Gasteiger partial charge in [0.15, 0.2) is 0 Å². The molecule has 0 unspecified atom stereocenters. The lowest BCUT2D eigenvalue weighted by Gasteiger charge is -2.47. The normalized spacial score (nSPS) is 21.1. The van der Waals surface area contributed by atoms with E-state index in [1.807, 2.05) is 6.92 Å². The minimum absolute atomic E-state index is 0.184. The number of hydrogen-bond donors (Lipinski definition) is 1. The largest absolute Gasteiger partial charge is 0.480 e. The molecule has 0 aromatic rings. The molecule has 1 aliphatic heterocycles. The molecule has 1 aliphatic rings. The van der Waals surface area contributed by atoms with E-state index in [1.165, 1.54) is 0 Å². The summed E-state index contributed by atoms with van der Waals surface area (Å²) in [6, 6.07) is 0. The summed E-state index contributed by atoms with van der Waals surface area (Å²) in [4.78, 5) is 12.5. The second-order valence-corrected chi connectivity index (χ2v) is 3.84. The molecule has 0 spiro atoms. The van der Waals surface area contributed by atoms with Crippen molar-refractivity contribution in [1.29, 1.82) is 0 Å². The van der Waals surface area contributed by atoms with Crippen molar-refractivity contribution in [3.05, 3.63) is 0 Å². The second kappa shape index (κ2) is 4.07. The summed E-state index contributed by atoms with van der Waals surface area (Å²) in [6.07, 6.45) is 1.13. The first-order valence-corrected chi connectivity index (χ1v) is 4.64. The number of carbonyl (C=O) groups is 1. The van der Waals surface area contributed by atoms with E-state index in [4.69, 9.17) is 9.84 Å². The van der Waals surface area contributed by atoms with Crippen LogP contribution in [0.4, 0.5) is 0 Å². The van der Waals surface area contributed by atoms with Gasteiger partial charge in [0.2, 0.25) is 0 Å². The summed E-state index contributed by atoms with van der Waals surface area (Å²) in [5, 5.41) is 8.43. The molecular weight excluding hydrogens is 170 g/mol. The maximum Gasteiger partial charge on any atom is 0.329 e. The third-order valence-electron chi connectivity index (χ3n) is 2.20. The Labute approximate surface area is 78.5 Å². The highest BCUT2D eigenvalue weighted by atomic mass is 16.5. The first-order valence-electron chi connectivity index (χ1n) is 4.64. The molecular formula is C9H17NO3. The first kappa shape index (κ1) is 10.5. The molecule has 1 N–H and O–H groups in total. The average Bonchev–Trinajstić information content (AvgIpc) is 1.99. The molecule has 1 fully saturated rings. The number of ether oxygens (including phenoxy) is 1. The monoisotopic (exact) mass is 187 g/mol. The Morgan fingerprint density at radius 3 is 2.69 bits per heavy atom. The van der Waals surface area contributed by atoms with Gasteiger partial charge in [-0.1, -0.05) is 6.92 Å². The quantitative estimate of drug-likeness (QED) is 0.683. The molecule has 4 nitrogen and oxygen atoms in total. The summed E-state index contributed by atoms with van der Waals surface area (Å²) in [7, 11) is 0. The third kappa shape index (κ3) is 2.97. The average molecular weight is 187 g/mol. The topological polar surface area (TPSA) is 49.8 Å². The number of carboxylic acid groups (broad SMARTS) is 1. The van der Waals surface area contributed by atoms with E-state index >= 15 is 0 Å². The summed E-state index contributed by atoms with van der Waals surface area (Å²) in [6.45, 7) is 6.70. The zero-order valence-electron chi connectivity index (χ0n) is 8.25. The van der Waals surface area contributed by atoms with Gasteiger partial charge in [-0.05, 0) is 19.9 Å². The smallest absolute Gasteiger partial charge is 0.329 e. The van der Waals surface area contributed by atoms with Crippen molar-refractivity contribution < 1.29 is 14.6 Å². The molecule has 76 valence electrons. The molecule has 13 heavy (non-hydrogen) atoms. The maximum atomic E-state index is 10.3. The van der Waals surface area contributed by atoms with Crippen molar-refractivity contribution in [2.45, 2.75) is 25.9 Å². The van der Waals surface area contributed by atoms with E-state index in [0.29, 0.717) is 0 Å². The SMILES string of the molecule is CCCN1CC(C)(OCC(=O)O)C1. The number of hydrogen-bond acceptors (Lipinski definition) is 3. The molecule has 0 atom stereocenters. The Morgan fingerprint density at radius 2 is 2.23 bits per heavy atom. The van der Waals surface area contributed by atoms with Crippen LogP contribution < -0.4 is 0 Å². The maximum absolute atomic E-state index is 10.3. The Balaban J connectivity index is 2.18. The Hall–Kier alpha value is -0.610. The van der Waals surface area contributed by atoms with Crippen molar-refractivity contribution in [3.63, 3.8) is 0 Å². The number of rotatable bonds is 5. The fourth-order valence-electron chi connectivity index (χ4n) is 1.70. The lowest BCUT2D eigenvalue weighted by molar-refractivity contribution is -0.164. The number of aliphatic carboxylic acids is 1. The van der Waals surface area contributed by atoms with Gasteiger partial charge in [0.25, 0.3) is 0 Å². The predicted octanol–water partition coefficient (Wildman–Crippen LogP) is 0.572. The molecule has 0 bridgehead atoms. The van der Waals surface area contributed by atoms with Crippen LogP contribution in [-0.4, -0.2) is 47.8 Å². The highest BCUT2D eigenvalue weighted by Gasteiger charge is 2.39. The highest BCUT2D eigenvalue weighted by molar-refractivity contribution is 5.68. The van der Waals surface area contributed by atoms with E-state index in [2.05, 4.69) is 11.8 Å². The van der Waals surface area contributed by atoms with Gasteiger partial charge >= 0.3 is 5.97 Å².